The van der Waals surface area contributed by atoms with Gasteiger partial charge in [0.1, 0.15) is 0 Å². The molecule has 4 heteroatoms. The maximum Gasteiger partial charge on any atom is 0.298 e. The monoisotopic (exact) mass is 358 g/mol. The van der Waals surface area contributed by atoms with Gasteiger partial charge < -0.3 is 4.89 Å². The Labute approximate surface area is 150 Å². The van der Waals surface area contributed by atoms with Crippen LogP contribution in [0.15, 0.2) is 36.4 Å². The molecule has 2 atom stereocenters. The highest BCUT2D eigenvalue weighted by molar-refractivity contribution is 7.82. The topological polar surface area (TPSA) is 54.4 Å². The molecule has 134 valence electrons. The summed E-state index contributed by atoms with van der Waals surface area (Å²) in [5.74, 6) is 0.398. The fourth-order valence-electron chi connectivity index (χ4n) is 3.39. The first-order valence-corrected chi connectivity index (χ1v) is 10.4. The lowest BCUT2D eigenvalue weighted by Gasteiger charge is -2.16. The molecule has 0 aromatic heterocycles. The van der Waals surface area contributed by atoms with Gasteiger partial charge in [0.2, 0.25) is 0 Å². The number of benzene rings is 2. The molecule has 3 nitrogen and oxygen atoms in total. The van der Waals surface area contributed by atoms with E-state index in [0.29, 0.717) is 11.5 Å². The van der Waals surface area contributed by atoms with E-state index in [2.05, 4.69) is 13.8 Å². The molecule has 0 saturated carbocycles. The van der Waals surface area contributed by atoms with Crippen molar-refractivity contribution in [1.82, 2.24) is 0 Å². The van der Waals surface area contributed by atoms with Crippen LogP contribution in [-0.4, -0.2) is 10.4 Å². The third kappa shape index (κ3) is 4.11. The summed E-state index contributed by atoms with van der Waals surface area (Å²) >= 11 is 0. The van der Waals surface area contributed by atoms with Crippen molar-refractivity contribution < 1.29 is 14.3 Å². The molecule has 1 N–H and O–H groups in total. The summed E-state index contributed by atoms with van der Waals surface area (Å²) in [5.41, 5.74) is 3.32. The van der Waals surface area contributed by atoms with Gasteiger partial charge in [-0.2, -0.15) is 0 Å². The lowest BCUT2D eigenvalue weighted by atomic mass is 9.97. The van der Waals surface area contributed by atoms with Crippen molar-refractivity contribution in [2.75, 3.05) is 0 Å². The Hall–Kier alpha value is -1.70. The van der Waals surface area contributed by atoms with Gasteiger partial charge in [-0.05, 0) is 61.9 Å². The zero-order chi connectivity index (χ0) is 18.8. The molecule has 0 aliphatic carbocycles. The van der Waals surface area contributed by atoms with Crippen LogP contribution < -0.4 is 5.30 Å². The average Bonchev–Trinajstić information content (AvgIpc) is 2.54. The van der Waals surface area contributed by atoms with Crippen LogP contribution in [0.1, 0.15) is 65.2 Å². The van der Waals surface area contributed by atoms with Crippen molar-refractivity contribution in [2.24, 2.45) is 0 Å². The van der Waals surface area contributed by atoms with Crippen LogP contribution in [0.3, 0.4) is 0 Å². The van der Waals surface area contributed by atoms with Gasteiger partial charge in [-0.25, -0.2) is 0 Å². The number of carbonyl (C=O) groups is 1. The highest BCUT2D eigenvalue weighted by Crippen LogP contribution is 2.44. The molecule has 2 rings (SSSR count). The van der Waals surface area contributed by atoms with E-state index in [-0.39, 0.29) is 5.30 Å². The van der Waals surface area contributed by atoms with Crippen molar-refractivity contribution in [3.8, 4) is 0 Å². The third-order valence-corrected chi connectivity index (χ3v) is 6.47. The molecule has 0 amide bonds. The van der Waals surface area contributed by atoms with Crippen LogP contribution >= 0.6 is 7.37 Å². The Morgan fingerprint density at radius 2 is 1.60 bits per heavy atom. The van der Waals surface area contributed by atoms with E-state index in [1.807, 2.05) is 45.0 Å². The smallest absolute Gasteiger partial charge is 0.298 e. The number of carbonyl (C=O) groups excluding carboxylic acids is 1. The predicted octanol–water partition coefficient (Wildman–Crippen LogP) is 5.25. The predicted molar refractivity (Wildman–Crippen MR) is 104 cm³/mol. The Bertz CT molecular complexity index is 799. The normalized spacial score (nSPS) is 14.8. The minimum Gasteiger partial charge on any atom is -0.336 e. The second kappa shape index (κ2) is 7.68. The van der Waals surface area contributed by atoms with Crippen molar-refractivity contribution in [1.29, 1.82) is 0 Å². The van der Waals surface area contributed by atoms with Crippen LogP contribution in [0.4, 0.5) is 0 Å². The molecule has 0 aliphatic rings. The van der Waals surface area contributed by atoms with Crippen molar-refractivity contribution >= 4 is 18.2 Å². The second-order valence-corrected chi connectivity index (χ2v) is 9.01. The molecule has 0 aliphatic heterocycles. The number of hydrogen-bond acceptors (Lipinski definition) is 2. The van der Waals surface area contributed by atoms with Crippen molar-refractivity contribution in [3.63, 3.8) is 0 Å². The van der Waals surface area contributed by atoms with Crippen LogP contribution in [0.5, 0.6) is 0 Å². The van der Waals surface area contributed by atoms with E-state index in [0.717, 1.165) is 35.1 Å². The standard InChI is InChI=1S/C21H27O3P/c1-6-7-15(3)18-8-10-19(11-9-18)25(23,24)21(22)20-16(4)12-14(2)13-17(20)5/h8-13,15H,6-7H2,1-5H3,(H,23,24). The summed E-state index contributed by atoms with van der Waals surface area (Å²) in [6.07, 6.45) is 2.16. The van der Waals surface area contributed by atoms with E-state index >= 15 is 0 Å². The quantitative estimate of drug-likeness (QED) is 0.718. The molecule has 0 spiro atoms. The Balaban J connectivity index is 2.38. The summed E-state index contributed by atoms with van der Waals surface area (Å²) in [6.45, 7) is 9.84. The van der Waals surface area contributed by atoms with E-state index in [1.165, 1.54) is 0 Å². The Kier molecular flexibility index (Phi) is 6.03. The van der Waals surface area contributed by atoms with Gasteiger partial charge in [-0.3, -0.25) is 9.36 Å². The molecular weight excluding hydrogens is 331 g/mol. The summed E-state index contributed by atoms with van der Waals surface area (Å²) < 4.78 is 12.9. The van der Waals surface area contributed by atoms with Gasteiger partial charge in [-0.1, -0.05) is 50.1 Å². The molecule has 0 fully saturated rings. The molecule has 0 heterocycles. The molecule has 0 bridgehead atoms. The Morgan fingerprint density at radius 3 is 2.08 bits per heavy atom. The van der Waals surface area contributed by atoms with Crippen LogP contribution in [0, 0.1) is 20.8 Å². The van der Waals surface area contributed by atoms with E-state index in [4.69, 9.17) is 0 Å². The number of aryl methyl sites for hydroxylation is 3. The summed E-state index contributed by atoms with van der Waals surface area (Å²) in [7, 11) is -4.13. The third-order valence-electron chi connectivity index (χ3n) is 4.70. The molecule has 25 heavy (non-hydrogen) atoms. The first-order chi connectivity index (χ1) is 11.7. The minimum atomic E-state index is -4.13. The first-order valence-electron chi connectivity index (χ1n) is 8.74. The first kappa shape index (κ1) is 19.6. The highest BCUT2D eigenvalue weighted by Gasteiger charge is 2.34. The van der Waals surface area contributed by atoms with Gasteiger partial charge in [-0.15, -0.1) is 0 Å². The van der Waals surface area contributed by atoms with Gasteiger partial charge in [0, 0.05) is 10.9 Å². The average molecular weight is 358 g/mol. The van der Waals surface area contributed by atoms with E-state index in [9.17, 15) is 14.3 Å². The maximum atomic E-state index is 12.9. The van der Waals surface area contributed by atoms with Crippen LogP contribution in [-0.2, 0) is 4.57 Å². The lowest BCUT2D eigenvalue weighted by molar-refractivity contribution is 0.106. The maximum absolute atomic E-state index is 12.9. The van der Waals surface area contributed by atoms with E-state index in [1.54, 1.807) is 12.1 Å². The lowest BCUT2D eigenvalue weighted by Crippen LogP contribution is -2.15. The summed E-state index contributed by atoms with van der Waals surface area (Å²) in [5, 5.41) is 0.198. The minimum absolute atomic E-state index is 0.198. The van der Waals surface area contributed by atoms with Crippen molar-refractivity contribution in [2.45, 2.75) is 53.4 Å². The molecule has 2 unspecified atom stereocenters. The molecule has 0 saturated heterocycles. The van der Waals surface area contributed by atoms with Crippen LogP contribution in [0.25, 0.3) is 0 Å². The summed E-state index contributed by atoms with van der Waals surface area (Å²) in [4.78, 5) is 23.4. The fourth-order valence-corrected chi connectivity index (χ4v) is 4.83. The summed E-state index contributed by atoms with van der Waals surface area (Å²) in [6, 6.07) is 10.7. The zero-order valence-electron chi connectivity index (χ0n) is 15.7. The van der Waals surface area contributed by atoms with Crippen molar-refractivity contribution in [3.05, 3.63) is 64.2 Å². The van der Waals surface area contributed by atoms with Gasteiger partial charge in [0.05, 0.1) is 0 Å². The number of hydrogen-bond donors (Lipinski definition) is 1. The fraction of sp³-hybridized carbons (Fsp3) is 0.381. The Morgan fingerprint density at radius 1 is 1.08 bits per heavy atom. The molecular formula is C21H27O3P. The SMILES string of the molecule is CCCC(C)c1ccc(P(=O)(O)C(=O)c2c(C)cc(C)cc2C)cc1. The number of rotatable bonds is 6. The van der Waals surface area contributed by atoms with Gasteiger partial charge in [0.25, 0.3) is 12.9 Å². The molecule has 2 aromatic carbocycles. The molecule has 0 radical (unpaired) electrons. The molecule has 2 aromatic rings. The zero-order valence-corrected chi connectivity index (χ0v) is 16.6. The largest absolute Gasteiger partial charge is 0.336 e. The second-order valence-electron chi connectivity index (χ2n) is 6.94. The van der Waals surface area contributed by atoms with Gasteiger partial charge >= 0.3 is 0 Å². The van der Waals surface area contributed by atoms with E-state index < -0.39 is 12.9 Å². The highest BCUT2D eigenvalue weighted by atomic mass is 31.2. The van der Waals surface area contributed by atoms with Gasteiger partial charge in [0.15, 0.2) is 0 Å². The van der Waals surface area contributed by atoms with Crippen LogP contribution in [0.2, 0.25) is 0 Å².